The number of ether oxygens (including phenoxy) is 1. The molecule has 1 aromatic heterocycles. The van der Waals surface area contributed by atoms with E-state index in [1.807, 2.05) is 83.8 Å². The number of nitrogens with zero attached hydrogens (tertiary/aromatic N) is 2. The molecule has 0 spiro atoms. The zero-order chi connectivity index (χ0) is 19.2. The fourth-order valence-corrected chi connectivity index (χ4v) is 3.35. The summed E-state index contributed by atoms with van der Waals surface area (Å²) in [7, 11) is 0. The highest BCUT2D eigenvalue weighted by Gasteiger charge is 2.33. The summed E-state index contributed by atoms with van der Waals surface area (Å²) in [6, 6.07) is 26.2. The van der Waals surface area contributed by atoms with E-state index >= 15 is 0 Å². The summed E-state index contributed by atoms with van der Waals surface area (Å²) in [5.74, 6) is 0.0185. The van der Waals surface area contributed by atoms with Gasteiger partial charge in [0.15, 0.2) is 0 Å². The van der Waals surface area contributed by atoms with Gasteiger partial charge in [-0.2, -0.15) is 0 Å². The molecule has 0 bridgehead atoms. The molecular weight excluding hydrogens is 348 g/mol. The molecule has 4 rings (SSSR count). The number of pyridine rings is 1. The van der Waals surface area contributed by atoms with Crippen LogP contribution in [-0.2, 0) is 16.1 Å². The Labute approximate surface area is 165 Å². The third-order valence-corrected chi connectivity index (χ3v) is 4.94. The summed E-state index contributed by atoms with van der Waals surface area (Å²) < 4.78 is 6.16. The first kappa shape index (κ1) is 18.4. The Morgan fingerprint density at radius 1 is 0.929 bits per heavy atom. The minimum atomic E-state index is -0.262. The Bertz CT molecular complexity index is 841. The van der Waals surface area contributed by atoms with Crippen molar-refractivity contribution in [1.82, 2.24) is 9.88 Å². The SMILES string of the molecule is O=C(COC(c1ccccc1)c1ccccc1)N(Cc1ccccn1)C1CC1. The smallest absolute Gasteiger partial charge is 0.249 e. The van der Waals surface area contributed by atoms with Crippen molar-refractivity contribution >= 4 is 5.91 Å². The molecule has 4 nitrogen and oxygen atoms in total. The number of hydrogen-bond donors (Lipinski definition) is 0. The van der Waals surface area contributed by atoms with Gasteiger partial charge in [-0.3, -0.25) is 9.78 Å². The molecule has 1 aliphatic carbocycles. The molecule has 3 aromatic rings. The van der Waals surface area contributed by atoms with E-state index in [4.69, 9.17) is 4.74 Å². The number of carbonyl (C=O) groups is 1. The van der Waals surface area contributed by atoms with E-state index in [2.05, 4.69) is 4.98 Å². The Hall–Kier alpha value is -2.98. The zero-order valence-electron chi connectivity index (χ0n) is 15.8. The van der Waals surface area contributed by atoms with Crippen LogP contribution in [0.15, 0.2) is 85.1 Å². The molecule has 0 aliphatic heterocycles. The maximum Gasteiger partial charge on any atom is 0.249 e. The van der Waals surface area contributed by atoms with Crippen LogP contribution in [-0.4, -0.2) is 28.4 Å². The predicted octanol–water partition coefficient (Wildman–Crippen LogP) is 4.38. The van der Waals surface area contributed by atoms with E-state index in [9.17, 15) is 4.79 Å². The van der Waals surface area contributed by atoms with Crippen molar-refractivity contribution in [1.29, 1.82) is 0 Å². The van der Waals surface area contributed by atoms with Crippen LogP contribution in [0.3, 0.4) is 0 Å². The lowest BCUT2D eigenvalue weighted by Gasteiger charge is -2.24. The van der Waals surface area contributed by atoms with Crippen LogP contribution in [0.5, 0.6) is 0 Å². The van der Waals surface area contributed by atoms with Crippen molar-refractivity contribution in [2.75, 3.05) is 6.61 Å². The second kappa shape index (κ2) is 8.81. The topological polar surface area (TPSA) is 42.4 Å². The number of benzene rings is 2. The average Bonchev–Trinajstić information content (AvgIpc) is 3.59. The van der Waals surface area contributed by atoms with Crippen molar-refractivity contribution in [2.45, 2.75) is 31.5 Å². The summed E-state index contributed by atoms with van der Waals surface area (Å²) in [5.41, 5.74) is 3.00. The Morgan fingerprint density at radius 2 is 1.54 bits per heavy atom. The number of aromatic nitrogens is 1. The van der Waals surface area contributed by atoms with E-state index < -0.39 is 0 Å². The number of hydrogen-bond acceptors (Lipinski definition) is 3. The minimum absolute atomic E-state index is 0.0185. The predicted molar refractivity (Wildman–Crippen MR) is 108 cm³/mol. The minimum Gasteiger partial charge on any atom is -0.359 e. The van der Waals surface area contributed by atoms with Crippen LogP contribution >= 0.6 is 0 Å². The summed E-state index contributed by atoms with van der Waals surface area (Å²) in [4.78, 5) is 19.2. The van der Waals surface area contributed by atoms with Gasteiger partial charge in [-0.1, -0.05) is 66.7 Å². The molecule has 1 fully saturated rings. The van der Waals surface area contributed by atoms with Crippen molar-refractivity contribution in [3.8, 4) is 0 Å². The van der Waals surface area contributed by atoms with Crippen LogP contribution in [0.4, 0.5) is 0 Å². The third kappa shape index (κ3) is 4.65. The zero-order valence-corrected chi connectivity index (χ0v) is 15.8. The van der Waals surface area contributed by atoms with Gasteiger partial charge < -0.3 is 9.64 Å². The summed E-state index contributed by atoms with van der Waals surface area (Å²) in [6.07, 6.45) is 3.61. The van der Waals surface area contributed by atoms with Crippen molar-refractivity contribution in [3.05, 3.63) is 102 Å². The molecule has 1 saturated carbocycles. The number of carbonyl (C=O) groups excluding carboxylic acids is 1. The molecule has 2 aromatic carbocycles. The summed E-state index contributed by atoms with van der Waals surface area (Å²) in [5, 5.41) is 0. The van der Waals surface area contributed by atoms with Crippen molar-refractivity contribution < 1.29 is 9.53 Å². The molecule has 0 N–H and O–H groups in total. The first-order valence-corrected chi connectivity index (χ1v) is 9.72. The van der Waals surface area contributed by atoms with Crippen LogP contribution < -0.4 is 0 Å². The van der Waals surface area contributed by atoms with E-state index in [-0.39, 0.29) is 18.6 Å². The number of rotatable bonds is 8. The van der Waals surface area contributed by atoms with Crippen molar-refractivity contribution in [2.24, 2.45) is 0 Å². The van der Waals surface area contributed by atoms with Crippen LogP contribution in [0, 0.1) is 0 Å². The van der Waals surface area contributed by atoms with Crippen LogP contribution in [0.1, 0.15) is 35.8 Å². The molecule has 1 heterocycles. The van der Waals surface area contributed by atoms with Gasteiger partial charge >= 0.3 is 0 Å². The van der Waals surface area contributed by atoms with Gasteiger partial charge in [-0.15, -0.1) is 0 Å². The fourth-order valence-electron chi connectivity index (χ4n) is 3.35. The lowest BCUT2D eigenvalue weighted by Crippen LogP contribution is -2.36. The van der Waals surface area contributed by atoms with Gasteiger partial charge in [0.05, 0.1) is 12.2 Å². The van der Waals surface area contributed by atoms with Gasteiger partial charge in [0.25, 0.3) is 0 Å². The van der Waals surface area contributed by atoms with Gasteiger partial charge in [-0.25, -0.2) is 0 Å². The molecule has 0 saturated heterocycles. The summed E-state index contributed by atoms with van der Waals surface area (Å²) >= 11 is 0. The normalized spacial score (nSPS) is 13.5. The first-order chi connectivity index (χ1) is 13.8. The largest absolute Gasteiger partial charge is 0.359 e. The molecule has 28 heavy (non-hydrogen) atoms. The standard InChI is InChI=1S/C24H24N2O2/c27-23(26(22-14-15-22)17-21-13-7-8-16-25-21)18-28-24(19-9-3-1-4-10-19)20-11-5-2-6-12-20/h1-13,16,22,24H,14-15,17-18H2. The fraction of sp³-hybridized carbons (Fsp3) is 0.250. The van der Waals surface area contributed by atoms with Crippen molar-refractivity contribution in [3.63, 3.8) is 0 Å². The molecule has 1 aliphatic rings. The average molecular weight is 372 g/mol. The monoisotopic (exact) mass is 372 g/mol. The van der Waals surface area contributed by atoms with E-state index in [1.54, 1.807) is 6.20 Å². The Morgan fingerprint density at radius 3 is 2.07 bits per heavy atom. The second-order valence-electron chi connectivity index (χ2n) is 7.09. The van der Waals surface area contributed by atoms with Gasteiger partial charge in [0.1, 0.15) is 12.7 Å². The molecule has 0 radical (unpaired) electrons. The maximum atomic E-state index is 13.0. The molecule has 142 valence electrons. The molecule has 4 heteroatoms. The maximum absolute atomic E-state index is 13.0. The van der Waals surface area contributed by atoms with Gasteiger partial charge in [-0.05, 0) is 36.1 Å². The lowest BCUT2D eigenvalue weighted by atomic mass is 10.0. The van der Waals surface area contributed by atoms with E-state index in [0.717, 1.165) is 29.7 Å². The third-order valence-electron chi connectivity index (χ3n) is 4.94. The van der Waals surface area contributed by atoms with E-state index in [0.29, 0.717) is 12.6 Å². The second-order valence-corrected chi connectivity index (χ2v) is 7.09. The van der Waals surface area contributed by atoms with E-state index in [1.165, 1.54) is 0 Å². The molecular formula is C24H24N2O2. The number of amides is 1. The lowest BCUT2D eigenvalue weighted by molar-refractivity contribution is -0.138. The molecule has 1 amide bonds. The highest BCUT2D eigenvalue weighted by Crippen LogP contribution is 2.30. The van der Waals surface area contributed by atoms with Gasteiger partial charge in [0, 0.05) is 12.2 Å². The Kier molecular flexibility index (Phi) is 5.78. The highest BCUT2D eigenvalue weighted by atomic mass is 16.5. The molecule has 0 atom stereocenters. The van der Waals surface area contributed by atoms with Crippen LogP contribution in [0.2, 0.25) is 0 Å². The van der Waals surface area contributed by atoms with Gasteiger partial charge in [0.2, 0.25) is 5.91 Å². The Balaban J connectivity index is 1.47. The highest BCUT2D eigenvalue weighted by molar-refractivity contribution is 5.78. The summed E-state index contributed by atoms with van der Waals surface area (Å²) in [6.45, 7) is 0.590. The quantitative estimate of drug-likeness (QED) is 0.589. The van der Waals surface area contributed by atoms with Crippen LogP contribution in [0.25, 0.3) is 0 Å². The first-order valence-electron chi connectivity index (χ1n) is 9.72. The molecule has 0 unspecified atom stereocenters.